The highest BCUT2D eigenvalue weighted by atomic mass is 35.5. The van der Waals surface area contributed by atoms with Gasteiger partial charge in [-0.05, 0) is 18.9 Å². The number of carbonyl (C=O) groups is 1. The Morgan fingerprint density at radius 2 is 1.95 bits per heavy atom. The molecule has 6 heteroatoms. The topological polar surface area (TPSA) is 41.1 Å². The van der Waals surface area contributed by atoms with Crippen LogP contribution in [0.15, 0.2) is 12.1 Å². The number of nitrogens with one attached hydrogen (secondary N) is 2. The van der Waals surface area contributed by atoms with E-state index in [1.807, 2.05) is 0 Å². The van der Waals surface area contributed by atoms with Crippen LogP contribution in [-0.4, -0.2) is 18.5 Å². The summed E-state index contributed by atoms with van der Waals surface area (Å²) in [7, 11) is 0. The molecule has 20 heavy (non-hydrogen) atoms. The molecule has 2 N–H and O–H groups in total. The normalized spacial score (nSPS) is 15.9. The molecule has 0 radical (unpaired) electrons. The van der Waals surface area contributed by atoms with Crippen LogP contribution in [0.2, 0.25) is 5.02 Å². The van der Waals surface area contributed by atoms with Crippen LogP contribution in [0.3, 0.4) is 0 Å². The largest absolute Gasteiger partial charge is 0.373 e. The third-order valence-electron chi connectivity index (χ3n) is 3.40. The zero-order chi connectivity index (χ0) is 14.5. The average Bonchev–Trinajstić information content (AvgIpc) is 2.38. The van der Waals surface area contributed by atoms with Crippen molar-refractivity contribution in [3.05, 3.63) is 28.8 Å². The predicted molar refractivity (Wildman–Crippen MR) is 74.9 cm³/mol. The van der Waals surface area contributed by atoms with Crippen molar-refractivity contribution >= 4 is 23.2 Å². The predicted octanol–water partition coefficient (Wildman–Crippen LogP) is 3.48. The third kappa shape index (κ3) is 4.07. The molecule has 0 aliphatic heterocycles. The summed E-state index contributed by atoms with van der Waals surface area (Å²) < 4.78 is 26.4. The summed E-state index contributed by atoms with van der Waals surface area (Å²) in [5.41, 5.74) is -0.0492. The zero-order valence-corrected chi connectivity index (χ0v) is 11.8. The third-order valence-corrected chi connectivity index (χ3v) is 3.70. The minimum atomic E-state index is -0.805. The van der Waals surface area contributed by atoms with Crippen LogP contribution < -0.4 is 10.6 Å². The first kappa shape index (κ1) is 15.0. The van der Waals surface area contributed by atoms with Crippen molar-refractivity contribution in [2.24, 2.45) is 0 Å². The molecule has 2 rings (SSSR count). The second kappa shape index (κ2) is 6.88. The Morgan fingerprint density at radius 3 is 2.60 bits per heavy atom. The number of halogens is 3. The van der Waals surface area contributed by atoms with Crippen LogP contribution in [0.1, 0.15) is 32.1 Å². The van der Waals surface area contributed by atoms with Crippen LogP contribution in [0.25, 0.3) is 0 Å². The first-order chi connectivity index (χ1) is 9.56. The quantitative estimate of drug-likeness (QED) is 0.894. The maximum atomic E-state index is 13.5. The van der Waals surface area contributed by atoms with Gasteiger partial charge in [0, 0.05) is 12.1 Å². The minimum Gasteiger partial charge on any atom is -0.373 e. The summed E-state index contributed by atoms with van der Waals surface area (Å²) in [6.07, 6.45) is 5.42. The van der Waals surface area contributed by atoms with Crippen LogP contribution in [0.5, 0.6) is 0 Å². The van der Waals surface area contributed by atoms with E-state index in [1.54, 1.807) is 0 Å². The summed E-state index contributed by atoms with van der Waals surface area (Å²) in [6, 6.07) is 1.94. The molecule has 1 fully saturated rings. The van der Waals surface area contributed by atoms with Gasteiger partial charge in [0.1, 0.15) is 5.82 Å². The van der Waals surface area contributed by atoms with Crippen molar-refractivity contribution in [3.63, 3.8) is 0 Å². The highest BCUT2D eigenvalue weighted by Crippen LogP contribution is 2.26. The van der Waals surface area contributed by atoms with E-state index in [2.05, 4.69) is 10.6 Å². The van der Waals surface area contributed by atoms with E-state index in [0.717, 1.165) is 37.8 Å². The van der Waals surface area contributed by atoms with Crippen molar-refractivity contribution in [2.45, 2.75) is 38.1 Å². The van der Waals surface area contributed by atoms with Gasteiger partial charge in [0.25, 0.3) is 0 Å². The second-order valence-electron chi connectivity index (χ2n) is 5.00. The zero-order valence-electron chi connectivity index (χ0n) is 11.0. The van der Waals surface area contributed by atoms with Gasteiger partial charge < -0.3 is 10.6 Å². The fourth-order valence-corrected chi connectivity index (χ4v) is 2.67. The molecular formula is C14H17ClF2N2O. The van der Waals surface area contributed by atoms with Gasteiger partial charge in [0.2, 0.25) is 5.91 Å². The number of carbonyl (C=O) groups excluding carboxylic acids is 1. The molecule has 0 atom stereocenters. The minimum absolute atomic E-state index is 0.0492. The Bertz CT molecular complexity index is 467. The molecule has 1 saturated carbocycles. The van der Waals surface area contributed by atoms with Gasteiger partial charge in [-0.25, -0.2) is 8.78 Å². The van der Waals surface area contributed by atoms with Crippen molar-refractivity contribution < 1.29 is 13.6 Å². The van der Waals surface area contributed by atoms with E-state index in [1.165, 1.54) is 6.42 Å². The molecule has 0 spiro atoms. The fraction of sp³-hybridized carbons (Fsp3) is 0.500. The molecule has 0 aromatic heterocycles. The highest BCUT2D eigenvalue weighted by Gasteiger charge is 2.16. The molecule has 3 nitrogen and oxygen atoms in total. The number of hydrogen-bond acceptors (Lipinski definition) is 2. The molecule has 1 aromatic rings. The Balaban J connectivity index is 1.87. The molecule has 1 amide bonds. The molecular weight excluding hydrogens is 286 g/mol. The Labute approximate surface area is 121 Å². The van der Waals surface area contributed by atoms with Gasteiger partial charge in [0.05, 0.1) is 17.3 Å². The monoisotopic (exact) mass is 302 g/mol. The van der Waals surface area contributed by atoms with Crippen LogP contribution in [0.4, 0.5) is 14.5 Å². The van der Waals surface area contributed by atoms with E-state index in [9.17, 15) is 13.6 Å². The van der Waals surface area contributed by atoms with Gasteiger partial charge in [-0.1, -0.05) is 30.9 Å². The average molecular weight is 303 g/mol. The lowest BCUT2D eigenvalue weighted by atomic mass is 9.95. The van der Waals surface area contributed by atoms with E-state index in [-0.39, 0.29) is 29.2 Å². The maximum Gasteiger partial charge on any atom is 0.239 e. The van der Waals surface area contributed by atoms with Gasteiger partial charge in [-0.3, -0.25) is 4.79 Å². The van der Waals surface area contributed by atoms with Crippen molar-refractivity contribution in [3.8, 4) is 0 Å². The lowest BCUT2D eigenvalue weighted by molar-refractivity contribution is -0.120. The van der Waals surface area contributed by atoms with Crippen molar-refractivity contribution in [2.75, 3.05) is 11.9 Å². The molecule has 0 unspecified atom stereocenters. The van der Waals surface area contributed by atoms with E-state index >= 15 is 0 Å². The number of hydrogen-bond donors (Lipinski definition) is 2. The Hall–Kier alpha value is -1.36. The lowest BCUT2D eigenvalue weighted by Gasteiger charge is -2.23. The molecule has 0 heterocycles. The van der Waals surface area contributed by atoms with Crippen molar-refractivity contribution in [1.82, 2.24) is 5.32 Å². The fourth-order valence-electron chi connectivity index (χ4n) is 2.41. The molecule has 1 aliphatic carbocycles. The van der Waals surface area contributed by atoms with Crippen molar-refractivity contribution in [1.29, 1.82) is 0 Å². The smallest absolute Gasteiger partial charge is 0.239 e. The van der Waals surface area contributed by atoms with Crippen LogP contribution in [-0.2, 0) is 4.79 Å². The van der Waals surface area contributed by atoms with Gasteiger partial charge in [0.15, 0.2) is 5.82 Å². The molecule has 1 aliphatic rings. The molecule has 0 bridgehead atoms. The Kier molecular flexibility index (Phi) is 5.17. The maximum absolute atomic E-state index is 13.5. The number of amides is 1. The highest BCUT2D eigenvalue weighted by molar-refractivity contribution is 6.33. The van der Waals surface area contributed by atoms with E-state index in [4.69, 9.17) is 11.6 Å². The molecule has 110 valence electrons. The summed E-state index contributed by atoms with van der Waals surface area (Å²) in [5.74, 6) is -1.76. The SMILES string of the molecule is O=C(CNc1c(F)cc(F)cc1Cl)NC1CCCCC1. The van der Waals surface area contributed by atoms with E-state index < -0.39 is 11.6 Å². The molecule has 1 aromatic carbocycles. The second-order valence-corrected chi connectivity index (χ2v) is 5.41. The van der Waals surface area contributed by atoms with Crippen LogP contribution >= 0.6 is 11.6 Å². The first-order valence-corrected chi connectivity index (χ1v) is 7.12. The number of rotatable bonds is 4. The van der Waals surface area contributed by atoms with Crippen LogP contribution in [0, 0.1) is 11.6 Å². The first-order valence-electron chi connectivity index (χ1n) is 6.74. The van der Waals surface area contributed by atoms with Gasteiger partial charge in [-0.2, -0.15) is 0 Å². The summed E-state index contributed by atoms with van der Waals surface area (Å²) in [4.78, 5) is 11.8. The number of benzene rings is 1. The van der Waals surface area contributed by atoms with Gasteiger partial charge in [-0.15, -0.1) is 0 Å². The Morgan fingerprint density at radius 1 is 1.25 bits per heavy atom. The summed E-state index contributed by atoms with van der Waals surface area (Å²) in [6.45, 7) is -0.0846. The van der Waals surface area contributed by atoms with E-state index in [0.29, 0.717) is 0 Å². The molecule has 0 saturated heterocycles. The summed E-state index contributed by atoms with van der Waals surface area (Å²) in [5, 5.41) is 5.43. The number of anilines is 1. The standard InChI is InChI=1S/C14H17ClF2N2O/c15-11-6-9(16)7-12(17)14(11)18-8-13(20)19-10-4-2-1-3-5-10/h6-7,10,18H,1-5,8H2,(H,19,20). The van der Waals surface area contributed by atoms with Gasteiger partial charge >= 0.3 is 0 Å². The lowest BCUT2D eigenvalue weighted by Crippen LogP contribution is -2.39. The summed E-state index contributed by atoms with van der Waals surface area (Å²) >= 11 is 5.74.